The van der Waals surface area contributed by atoms with Crippen LogP contribution in [0.4, 0.5) is 0 Å². The first-order valence-electron chi connectivity index (χ1n) is 7.07. The highest BCUT2D eigenvalue weighted by Gasteiger charge is 2.31. The van der Waals surface area contributed by atoms with Crippen molar-refractivity contribution >= 4 is 22.8 Å². The molecule has 1 amide bonds. The molecule has 0 radical (unpaired) electrons. The molecule has 5 heteroatoms. The van der Waals surface area contributed by atoms with E-state index in [9.17, 15) is 9.59 Å². The standard InChI is InChI=1S/C16H17NO4/c1-9-2-5-13-11(6-9)8-14(21-13)15(18)17-12-4-3-10(7-12)16(19)20/h2,5-6,8,10,12H,3-4,7H2,1H3,(H,17,18)(H,19,20)/t10-,12+/m1/s1. The van der Waals surface area contributed by atoms with Gasteiger partial charge in [0.25, 0.3) is 5.91 Å². The number of hydrogen-bond donors (Lipinski definition) is 2. The van der Waals surface area contributed by atoms with Gasteiger partial charge in [0.1, 0.15) is 5.58 Å². The maximum absolute atomic E-state index is 12.2. The van der Waals surface area contributed by atoms with Crippen LogP contribution in [0.3, 0.4) is 0 Å². The number of nitrogens with one attached hydrogen (secondary N) is 1. The molecule has 5 nitrogen and oxygen atoms in total. The Morgan fingerprint density at radius 1 is 1.29 bits per heavy atom. The molecule has 0 saturated heterocycles. The summed E-state index contributed by atoms with van der Waals surface area (Å²) in [7, 11) is 0. The fraction of sp³-hybridized carbons (Fsp3) is 0.375. The van der Waals surface area contributed by atoms with Gasteiger partial charge in [-0.05, 0) is 44.4 Å². The predicted molar refractivity (Wildman–Crippen MR) is 77.2 cm³/mol. The summed E-state index contributed by atoms with van der Waals surface area (Å²) in [5, 5.41) is 12.7. The number of aryl methyl sites for hydroxylation is 1. The Labute approximate surface area is 121 Å². The highest BCUT2D eigenvalue weighted by Crippen LogP contribution is 2.26. The van der Waals surface area contributed by atoms with Crippen molar-refractivity contribution in [2.45, 2.75) is 32.2 Å². The lowest BCUT2D eigenvalue weighted by Crippen LogP contribution is -2.33. The summed E-state index contributed by atoms with van der Waals surface area (Å²) < 4.78 is 5.54. The molecule has 0 aliphatic heterocycles. The molecule has 2 aromatic rings. The Bertz CT molecular complexity index is 703. The number of carbonyl (C=O) groups is 2. The summed E-state index contributed by atoms with van der Waals surface area (Å²) in [6.07, 6.45) is 1.79. The molecule has 1 saturated carbocycles. The maximum atomic E-state index is 12.2. The average molecular weight is 287 g/mol. The van der Waals surface area contributed by atoms with E-state index in [1.54, 1.807) is 6.07 Å². The van der Waals surface area contributed by atoms with Crippen LogP contribution in [-0.4, -0.2) is 23.0 Å². The molecule has 21 heavy (non-hydrogen) atoms. The topological polar surface area (TPSA) is 79.5 Å². The number of carboxylic acid groups (broad SMARTS) is 1. The largest absolute Gasteiger partial charge is 0.481 e. The van der Waals surface area contributed by atoms with E-state index >= 15 is 0 Å². The number of fused-ring (bicyclic) bond motifs is 1. The number of hydrogen-bond acceptors (Lipinski definition) is 3. The Hall–Kier alpha value is -2.30. The van der Waals surface area contributed by atoms with E-state index in [0.717, 1.165) is 10.9 Å². The summed E-state index contributed by atoms with van der Waals surface area (Å²) in [6.45, 7) is 1.98. The second kappa shape index (κ2) is 5.24. The van der Waals surface area contributed by atoms with Gasteiger partial charge in [-0.2, -0.15) is 0 Å². The zero-order chi connectivity index (χ0) is 15.0. The van der Waals surface area contributed by atoms with Crippen molar-refractivity contribution in [3.8, 4) is 0 Å². The number of carboxylic acids is 1. The molecule has 0 spiro atoms. The molecule has 1 heterocycles. The quantitative estimate of drug-likeness (QED) is 0.909. The van der Waals surface area contributed by atoms with Crippen molar-refractivity contribution in [3.05, 3.63) is 35.6 Å². The maximum Gasteiger partial charge on any atom is 0.306 e. The number of carbonyl (C=O) groups excluding carboxylic acids is 1. The third kappa shape index (κ3) is 2.77. The van der Waals surface area contributed by atoms with Crippen LogP contribution in [0.1, 0.15) is 35.4 Å². The molecule has 1 aromatic heterocycles. The molecule has 1 aliphatic carbocycles. The lowest BCUT2D eigenvalue weighted by atomic mass is 10.1. The van der Waals surface area contributed by atoms with Gasteiger partial charge in [-0.3, -0.25) is 9.59 Å². The zero-order valence-electron chi connectivity index (χ0n) is 11.8. The molecule has 2 atom stereocenters. The number of furan rings is 1. The van der Waals surface area contributed by atoms with Crippen molar-refractivity contribution in [2.75, 3.05) is 0 Å². The number of rotatable bonds is 3. The smallest absolute Gasteiger partial charge is 0.306 e. The third-order valence-electron chi connectivity index (χ3n) is 4.01. The van der Waals surface area contributed by atoms with Crippen molar-refractivity contribution in [1.82, 2.24) is 5.32 Å². The van der Waals surface area contributed by atoms with Crippen LogP contribution >= 0.6 is 0 Å². The van der Waals surface area contributed by atoms with Gasteiger partial charge in [0.2, 0.25) is 0 Å². The second-order valence-electron chi connectivity index (χ2n) is 5.67. The van der Waals surface area contributed by atoms with E-state index in [1.807, 2.05) is 25.1 Å². The van der Waals surface area contributed by atoms with Gasteiger partial charge in [0.15, 0.2) is 5.76 Å². The van der Waals surface area contributed by atoms with Gasteiger partial charge in [-0.1, -0.05) is 11.6 Å². The molecular weight excluding hydrogens is 270 g/mol. The third-order valence-corrected chi connectivity index (χ3v) is 4.01. The van der Waals surface area contributed by atoms with Gasteiger partial charge in [0, 0.05) is 11.4 Å². The highest BCUT2D eigenvalue weighted by molar-refractivity contribution is 5.96. The highest BCUT2D eigenvalue weighted by atomic mass is 16.4. The Morgan fingerprint density at radius 2 is 2.10 bits per heavy atom. The molecule has 2 N–H and O–H groups in total. The van der Waals surface area contributed by atoms with Gasteiger partial charge in [0.05, 0.1) is 5.92 Å². The predicted octanol–water partition coefficient (Wildman–Crippen LogP) is 2.72. The van der Waals surface area contributed by atoms with E-state index in [1.165, 1.54) is 0 Å². The Morgan fingerprint density at radius 3 is 2.81 bits per heavy atom. The molecular formula is C16H17NO4. The number of benzene rings is 1. The second-order valence-corrected chi connectivity index (χ2v) is 5.67. The molecule has 1 aliphatic rings. The van der Waals surface area contributed by atoms with Crippen molar-refractivity contribution in [3.63, 3.8) is 0 Å². The minimum atomic E-state index is -0.786. The van der Waals surface area contributed by atoms with Gasteiger partial charge < -0.3 is 14.8 Å². The fourth-order valence-electron chi connectivity index (χ4n) is 2.87. The minimum Gasteiger partial charge on any atom is -0.481 e. The molecule has 0 unspecified atom stereocenters. The average Bonchev–Trinajstić information content (AvgIpc) is 3.04. The first-order valence-corrected chi connectivity index (χ1v) is 7.07. The minimum absolute atomic E-state index is 0.0893. The van der Waals surface area contributed by atoms with Crippen LogP contribution in [0.2, 0.25) is 0 Å². The number of amides is 1. The van der Waals surface area contributed by atoms with E-state index in [4.69, 9.17) is 9.52 Å². The van der Waals surface area contributed by atoms with Crippen LogP contribution in [-0.2, 0) is 4.79 Å². The van der Waals surface area contributed by atoms with E-state index < -0.39 is 5.97 Å². The van der Waals surface area contributed by atoms with Crippen molar-refractivity contribution < 1.29 is 19.1 Å². The lowest BCUT2D eigenvalue weighted by Gasteiger charge is -2.10. The van der Waals surface area contributed by atoms with E-state index in [-0.39, 0.29) is 23.6 Å². The number of aliphatic carboxylic acids is 1. The summed E-state index contributed by atoms with van der Waals surface area (Å²) in [5.74, 6) is -1.14. The summed E-state index contributed by atoms with van der Waals surface area (Å²) in [6, 6.07) is 7.38. The first-order chi connectivity index (χ1) is 10.0. The van der Waals surface area contributed by atoms with Gasteiger partial charge in [-0.15, -0.1) is 0 Å². The fourth-order valence-corrected chi connectivity index (χ4v) is 2.87. The van der Waals surface area contributed by atoms with Crippen LogP contribution in [0.15, 0.2) is 28.7 Å². The SMILES string of the molecule is Cc1ccc2oc(C(=O)N[C@H]3CC[C@@H](C(=O)O)C3)cc2c1. The van der Waals surface area contributed by atoms with Crippen LogP contribution in [0, 0.1) is 12.8 Å². The monoisotopic (exact) mass is 287 g/mol. The van der Waals surface area contributed by atoms with E-state index in [0.29, 0.717) is 24.8 Å². The summed E-state index contributed by atoms with van der Waals surface area (Å²) in [5.41, 5.74) is 1.79. The van der Waals surface area contributed by atoms with Crippen LogP contribution < -0.4 is 5.32 Å². The Kier molecular flexibility index (Phi) is 3.41. The van der Waals surface area contributed by atoms with Crippen molar-refractivity contribution in [2.24, 2.45) is 5.92 Å². The molecule has 110 valence electrons. The normalized spacial score (nSPS) is 21.6. The summed E-state index contributed by atoms with van der Waals surface area (Å²) in [4.78, 5) is 23.1. The molecule has 3 rings (SSSR count). The van der Waals surface area contributed by atoms with Crippen LogP contribution in [0.5, 0.6) is 0 Å². The zero-order valence-corrected chi connectivity index (χ0v) is 11.8. The van der Waals surface area contributed by atoms with Crippen molar-refractivity contribution in [1.29, 1.82) is 0 Å². The van der Waals surface area contributed by atoms with E-state index in [2.05, 4.69) is 5.32 Å². The van der Waals surface area contributed by atoms with Gasteiger partial charge >= 0.3 is 5.97 Å². The van der Waals surface area contributed by atoms with Gasteiger partial charge in [-0.25, -0.2) is 0 Å². The Balaban J connectivity index is 1.71. The summed E-state index contributed by atoms with van der Waals surface area (Å²) >= 11 is 0. The lowest BCUT2D eigenvalue weighted by molar-refractivity contribution is -0.141. The van der Waals surface area contributed by atoms with Crippen LogP contribution in [0.25, 0.3) is 11.0 Å². The molecule has 1 fully saturated rings. The molecule has 1 aromatic carbocycles. The molecule has 0 bridgehead atoms. The first kappa shape index (κ1) is 13.7.